The first-order valence-corrected chi connectivity index (χ1v) is 14.1. The fourth-order valence-corrected chi connectivity index (χ4v) is 7.07. The molecule has 3 fully saturated rings. The topological polar surface area (TPSA) is 127 Å². The third-order valence-electron chi connectivity index (χ3n) is 8.68. The van der Waals surface area contributed by atoms with Crippen LogP contribution in [0.1, 0.15) is 75.7 Å². The number of hydrogen-bond acceptors (Lipinski definition) is 5. The largest absolute Gasteiger partial charge is 0.496 e. The maximum atomic E-state index is 13.9. The molecule has 39 heavy (non-hydrogen) atoms. The number of methoxy groups -OCH3 is 1. The fourth-order valence-electron chi connectivity index (χ4n) is 6.86. The Morgan fingerprint density at radius 1 is 1.23 bits per heavy atom. The van der Waals surface area contributed by atoms with E-state index in [1.165, 1.54) is 0 Å². The summed E-state index contributed by atoms with van der Waals surface area (Å²) in [6.07, 6.45) is 6.65. The number of ether oxygens (including phenoxy) is 1. The van der Waals surface area contributed by atoms with Crippen LogP contribution in [-0.2, 0) is 9.59 Å². The maximum absolute atomic E-state index is 13.9. The van der Waals surface area contributed by atoms with Crippen LogP contribution < -0.4 is 15.4 Å². The number of amides is 3. The van der Waals surface area contributed by atoms with Crippen molar-refractivity contribution in [1.29, 1.82) is 5.26 Å². The molecular formula is C29H36ClN5O4. The van der Waals surface area contributed by atoms with Crippen LogP contribution in [0.2, 0.25) is 5.02 Å². The van der Waals surface area contributed by atoms with Gasteiger partial charge in [0.15, 0.2) is 0 Å². The molecular weight excluding hydrogens is 518 g/mol. The van der Waals surface area contributed by atoms with Gasteiger partial charge >= 0.3 is 0 Å². The number of nitrogens with zero attached hydrogens (tertiary/aromatic N) is 2. The number of carbonyl (C=O) groups excluding carboxylic acids is 3. The first kappa shape index (κ1) is 27.3. The molecule has 1 aliphatic carbocycles. The van der Waals surface area contributed by atoms with Crippen LogP contribution in [0.25, 0.3) is 10.9 Å². The minimum atomic E-state index is -0.818. The summed E-state index contributed by atoms with van der Waals surface area (Å²) in [6.45, 7) is 4.39. The van der Waals surface area contributed by atoms with Crippen LogP contribution in [-0.4, -0.2) is 58.9 Å². The summed E-state index contributed by atoms with van der Waals surface area (Å²) in [5.74, 6) is -0.487. The zero-order valence-corrected chi connectivity index (χ0v) is 23.5. The molecule has 1 saturated carbocycles. The van der Waals surface area contributed by atoms with Crippen molar-refractivity contribution in [3.05, 3.63) is 28.9 Å². The lowest BCUT2D eigenvalue weighted by atomic mass is 9.72. The highest BCUT2D eigenvalue weighted by Gasteiger charge is 2.49. The molecule has 1 aromatic carbocycles. The number of hydrogen-bond donors (Lipinski definition) is 3. The van der Waals surface area contributed by atoms with Crippen LogP contribution >= 0.6 is 11.6 Å². The predicted octanol–water partition coefficient (Wildman–Crippen LogP) is 4.31. The zero-order valence-electron chi connectivity index (χ0n) is 22.7. The van der Waals surface area contributed by atoms with Gasteiger partial charge < -0.3 is 25.3 Å². The van der Waals surface area contributed by atoms with Gasteiger partial charge in [0.2, 0.25) is 11.8 Å². The first-order valence-electron chi connectivity index (χ1n) is 13.7. The van der Waals surface area contributed by atoms with Gasteiger partial charge in [0.1, 0.15) is 23.5 Å². The van der Waals surface area contributed by atoms with Gasteiger partial charge in [0, 0.05) is 28.4 Å². The van der Waals surface area contributed by atoms with Crippen molar-refractivity contribution in [3.8, 4) is 11.8 Å². The Bertz CT molecular complexity index is 1340. The summed E-state index contributed by atoms with van der Waals surface area (Å²) in [6, 6.07) is 5.83. The molecule has 5 rings (SSSR count). The van der Waals surface area contributed by atoms with E-state index in [0.717, 1.165) is 37.5 Å². The van der Waals surface area contributed by atoms with E-state index in [2.05, 4.69) is 21.7 Å². The summed E-state index contributed by atoms with van der Waals surface area (Å²) in [5, 5.41) is 16.9. The number of benzene rings is 1. The Hall–Kier alpha value is -3.25. The second-order valence-corrected chi connectivity index (χ2v) is 12.6. The molecule has 2 aliphatic heterocycles. The number of rotatable bonds is 6. The van der Waals surface area contributed by atoms with E-state index >= 15 is 0 Å². The molecule has 1 aromatic heterocycles. The molecule has 1 unspecified atom stereocenters. The van der Waals surface area contributed by atoms with Gasteiger partial charge in [0.25, 0.3) is 5.91 Å². The summed E-state index contributed by atoms with van der Waals surface area (Å²) in [5.41, 5.74) is 0.594. The van der Waals surface area contributed by atoms with Crippen molar-refractivity contribution < 1.29 is 19.1 Å². The molecule has 10 heteroatoms. The lowest BCUT2D eigenvalue weighted by Gasteiger charge is -2.32. The van der Waals surface area contributed by atoms with Crippen LogP contribution in [0.3, 0.4) is 0 Å². The van der Waals surface area contributed by atoms with Gasteiger partial charge in [-0.2, -0.15) is 5.26 Å². The van der Waals surface area contributed by atoms with E-state index in [4.69, 9.17) is 16.3 Å². The Balaban J connectivity index is 1.39. The number of aromatic nitrogens is 1. The predicted molar refractivity (Wildman–Crippen MR) is 147 cm³/mol. The van der Waals surface area contributed by atoms with Crippen molar-refractivity contribution >= 4 is 40.2 Å². The monoisotopic (exact) mass is 553 g/mol. The summed E-state index contributed by atoms with van der Waals surface area (Å²) in [7, 11) is 1.55. The van der Waals surface area contributed by atoms with Crippen LogP contribution in [0.5, 0.6) is 5.75 Å². The van der Waals surface area contributed by atoms with Crippen molar-refractivity contribution in [1.82, 2.24) is 20.5 Å². The van der Waals surface area contributed by atoms with Gasteiger partial charge in [-0.15, -0.1) is 0 Å². The highest BCUT2D eigenvalue weighted by atomic mass is 35.5. The molecule has 2 saturated heterocycles. The van der Waals surface area contributed by atoms with Crippen LogP contribution in [0.15, 0.2) is 18.2 Å². The quantitative estimate of drug-likeness (QED) is 0.491. The molecule has 0 radical (unpaired) electrons. The van der Waals surface area contributed by atoms with Gasteiger partial charge in [-0.1, -0.05) is 30.9 Å². The molecule has 3 aliphatic rings. The summed E-state index contributed by atoms with van der Waals surface area (Å²) in [4.78, 5) is 44.8. The van der Waals surface area contributed by atoms with E-state index < -0.39 is 12.1 Å². The Morgan fingerprint density at radius 3 is 2.62 bits per heavy atom. The second-order valence-electron chi connectivity index (χ2n) is 12.2. The molecule has 1 spiro atoms. The highest BCUT2D eigenvalue weighted by Crippen LogP contribution is 2.47. The van der Waals surface area contributed by atoms with E-state index in [1.54, 1.807) is 30.2 Å². The fraction of sp³-hybridized carbons (Fsp3) is 0.586. The van der Waals surface area contributed by atoms with Crippen molar-refractivity contribution in [2.45, 2.75) is 82.8 Å². The molecule has 0 bridgehead atoms. The number of halogens is 1. The Labute approximate surface area is 233 Å². The average Bonchev–Trinajstić information content (AvgIpc) is 3.56. The lowest BCUT2D eigenvalue weighted by molar-refractivity contribution is -0.126. The second kappa shape index (κ2) is 10.4. The molecule has 3 heterocycles. The maximum Gasteiger partial charge on any atom is 0.271 e. The van der Waals surface area contributed by atoms with Gasteiger partial charge in [-0.3, -0.25) is 14.4 Å². The standard InChI is InChI=1S/C29H36ClN5O4/c1-28(2)13-17(25(36)34-28)9-19(15-31)32-26(37)23-14-29(7-5-4-6-8-29)16-35(23)27(38)22-12-20-21(33-22)10-18(30)11-24(20)39-3/h10-12,17,19,23,33H,4-9,13-14,16H2,1-3H3,(H,32,37)(H,34,36)/t17-,19?,23+/m1/s1. The van der Waals surface area contributed by atoms with Crippen molar-refractivity contribution in [3.63, 3.8) is 0 Å². The third-order valence-corrected chi connectivity index (χ3v) is 8.90. The molecule has 3 atom stereocenters. The average molecular weight is 554 g/mol. The highest BCUT2D eigenvalue weighted by molar-refractivity contribution is 6.31. The molecule has 208 valence electrons. The van der Waals surface area contributed by atoms with Crippen molar-refractivity contribution in [2.75, 3.05) is 13.7 Å². The normalized spacial score (nSPS) is 24.4. The Kier molecular flexibility index (Phi) is 7.27. The van der Waals surface area contributed by atoms with Gasteiger partial charge in [-0.25, -0.2) is 0 Å². The number of H-pyrrole nitrogens is 1. The lowest BCUT2D eigenvalue weighted by Crippen LogP contribution is -2.49. The molecule has 9 nitrogen and oxygen atoms in total. The van der Waals surface area contributed by atoms with Gasteiger partial charge in [-0.05, 0) is 69.6 Å². The minimum Gasteiger partial charge on any atom is -0.496 e. The number of aromatic amines is 1. The number of nitriles is 1. The molecule has 3 amide bonds. The number of nitrogens with one attached hydrogen (secondary N) is 3. The molecule has 3 N–H and O–H groups in total. The van der Waals surface area contributed by atoms with Gasteiger partial charge in [0.05, 0.1) is 18.7 Å². The first-order chi connectivity index (χ1) is 18.5. The van der Waals surface area contributed by atoms with Crippen LogP contribution in [0.4, 0.5) is 0 Å². The zero-order chi connectivity index (χ0) is 27.9. The van der Waals surface area contributed by atoms with Crippen LogP contribution in [0, 0.1) is 22.7 Å². The van der Waals surface area contributed by atoms with Crippen molar-refractivity contribution in [2.24, 2.45) is 11.3 Å². The van der Waals surface area contributed by atoms with E-state index in [1.807, 2.05) is 13.8 Å². The number of fused-ring (bicyclic) bond motifs is 1. The number of carbonyl (C=O) groups is 3. The van der Waals surface area contributed by atoms with E-state index in [0.29, 0.717) is 41.4 Å². The summed E-state index contributed by atoms with van der Waals surface area (Å²) >= 11 is 6.23. The smallest absolute Gasteiger partial charge is 0.271 e. The molecule has 2 aromatic rings. The SMILES string of the molecule is COc1cc(Cl)cc2[nH]c(C(=O)N3CC4(CCCCC4)C[C@H]3C(=O)NC(C#N)C[C@@H]3CC(C)(C)NC3=O)cc12. The Morgan fingerprint density at radius 2 is 1.97 bits per heavy atom. The van der Waals surface area contributed by atoms with E-state index in [-0.39, 0.29) is 41.0 Å². The summed E-state index contributed by atoms with van der Waals surface area (Å²) < 4.78 is 5.45. The third kappa shape index (κ3) is 5.44. The minimum absolute atomic E-state index is 0.0947. The van der Waals surface area contributed by atoms with E-state index in [9.17, 15) is 19.6 Å². The number of likely N-dealkylation sites (tertiary alicyclic amines) is 1.